The highest BCUT2D eigenvalue weighted by Gasteiger charge is 2.30. The van der Waals surface area contributed by atoms with Crippen LogP contribution in [0, 0.1) is 5.92 Å². The van der Waals surface area contributed by atoms with Crippen LogP contribution in [-0.2, 0) is 65.4 Å². The van der Waals surface area contributed by atoms with Crippen LogP contribution in [0.4, 0.5) is 0 Å². The first-order valence-electron chi connectivity index (χ1n) is 40.0. The van der Waals surface area contributed by atoms with Crippen LogP contribution < -0.4 is 0 Å². The first-order chi connectivity index (χ1) is 47.0. The molecule has 97 heavy (non-hydrogen) atoms. The molecule has 0 aliphatic heterocycles. The zero-order chi connectivity index (χ0) is 71.2. The van der Waals surface area contributed by atoms with Crippen molar-refractivity contribution < 1.29 is 80.2 Å². The van der Waals surface area contributed by atoms with Gasteiger partial charge in [-0.05, 0) is 57.3 Å². The number of rotatable bonds is 76. The molecular formula is C78H148O17P2. The third kappa shape index (κ3) is 71.7. The van der Waals surface area contributed by atoms with Gasteiger partial charge in [0.05, 0.1) is 26.4 Å². The predicted molar refractivity (Wildman–Crippen MR) is 395 cm³/mol. The Balaban J connectivity index is 5.22. The van der Waals surface area contributed by atoms with Gasteiger partial charge in [0.2, 0.25) is 0 Å². The largest absolute Gasteiger partial charge is 0.472 e. The Labute approximate surface area is 592 Å². The zero-order valence-corrected chi connectivity index (χ0v) is 64.5. The monoisotopic (exact) mass is 1420 g/mol. The summed E-state index contributed by atoms with van der Waals surface area (Å²) >= 11 is 0. The average molecular weight is 1420 g/mol. The van der Waals surface area contributed by atoms with Gasteiger partial charge in [-0.1, -0.05) is 335 Å². The van der Waals surface area contributed by atoms with E-state index in [4.69, 9.17) is 37.0 Å². The molecule has 0 fully saturated rings. The van der Waals surface area contributed by atoms with Crippen molar-refractivity contribution in [3.8, 4) is 0 Å². The van der Waals surface area contributed by atoms with Gasteiger partial charge in [-0.25, -0.2) is 9.13 Å². The fourth-order valence-corrected chi connectivity index (χ4v) is 13.1. The molecule has 0 heterocycles. The Kier molecular flexibility index (Phi) is 68.8. The summed E-state index contributed by atoms with van der Waals surface area (Å²) in [5.74, 6) is -1.34. The third-order valence-electron chi connectivity index (χ3n) is 17.7. The lowest BCUT2D eigenvalue weighted by Gasteiger charge is -2.21. The fraction of sp³-hybridized carbons (Fsp3) is 0.897. The fourth-order valence-electron chi connectivity index (χ4n) is 11.5. The summed E-state index contributed by atoms with van der Waals surface area (Å²) in [7, 11) is -9.92. The van der Waals surface area contributed by atoms with E-state index >= 15 is 0 Å². The van der Waals surface area contributed by atoms with Gasteiger partial charge in [-0.2, -0.15) is 0 Å². The lowest BCUT2D eigenvalue weighted by Crippen LogP contribution is -2.30. The van der Waals surface area contributed by atoms with Crippen LogP contribution in [-0.4, -0.2) is 96.7 Å². The number of carbonyl (C=O) groups excluding carboxylic acids is 4. The number of allylic oxidation sites excluding steroid dienone is 4. The van der Waals surface area contributed by atoms with Crippen molar-refractivity contribution in [2.75, 3.05) is 39.6 Å². The molecule has 19 heteroatoms. The number of aliphatic hydroxyl groups excluding tert-OH is 1. The van der Waals surface area contributed by atoms with Crippen LogP contribution >= 0.6 is 15.6 Å². The summed E-state index contributed by atoms with van der Waals surface area (Å²) in [6.07, 6.45) is 63.4. The van der Waals surface area contributed by atoms with Crippen molar-refractivity contribution in [3.05, 3.63) is 24.3 Å². The number of hydrogen-bond acceptors (Lipinski definition) is 15. The minimum absolute atomic E-state index is 0.0850. The molecule has 0 radical (unpaired) electrons. The predicted octanol–water partition coefficient (Wildman–Crippen LogP) is 22.8. The summed E-state index contributed by atoms with van der Waals surface area (Å²) in [6.45, 7) is 7.23. The maximum absolute atomic E-state index is 13.1. The normalized spacial score (nSPS) is 14.1. The van der Waals surface area contributed by atoms with Crippen LogP contribution in [0.2, 0.25) is 0 Å². The molecule has 0 aliphatic carbocycles. The van der Waals surface area contributed by atoms with Crippen molar-refractivity contribution in [2.45, 2.75) is 406 Å². The minimum atomic E-state index is -4.96. The van der Waals surface area contributed by atoms with E-state index in [1.807, 2.05) is 0 Å². The van der Waals surface area contributed by atoms with Gasteiger partial charge < -0.3 is 33.8 Å². The van der Waals surface area contributed by atoms with Gasteiger partial charge in [-0.3, -0.25) is 37.3 Å². The molecule has 2 unspecified atom stereocenters. The van der Waals surface area contributed by atoms with Crippen molar-refractivity contribution >= 4 is 39.5 Å². The van der Waals surface area contributed by atoms with E-state index in [0.29, 0.717) is 25.7 Å². The van der Waals surface area contributed by atoms with Crippen LogP contribution in [0.25, 0.3) is 0 Å². The Hall–Kier alpha value is -2.46. The maximum atomic E-state index is 13.1. The van der Waals surface area contributed by atoms with Gasteiger partial charge in [0.15, 0.2) is 12.2 Å². The number of carbonyl (C=O) groups is 4. The molecule has 572 valence electrons. The molecule has 0 aromatic heterocycles. The van der Waals surface area contributed by atoms with E-state index in [0.717, 1.165) is 121 Å². The van der Waals surface area contributed by atoms with Gasteiger partial charge in [0.1, 0.15) is 19.3 Å². The molecule has 0 saturated carbocycles. The van der Waals surface area contributed by atoms with E-state index < -0.39 is 97.5 Å². The highest BCUT2D eigenvalue weighted by atomic mass is 31.2. The molecular weight excluding hydrogens is 1270 g/mol. The maximum Gasteiger partial charge on any atom is 0.472 e. The molecule has 0 spiro atoms. The molecule has 3 N–H and O–H groups in total. The number of phosphoric ester groups is 2. The Morgan fingerprint density at radius 1 is 0.320 bits per heavy atom. The number of unbranched alkanes of at least 4 members (excludes halogenated alkanes) is 45. The van der Waals surface area contributed by atoms with Gasteiger partial charge in [0, 0.05) is 25.7 Å². The van der Waals surface area contributed by atoms with E-state index in [1.165, 1.54) is 186 Å². The number of aliphatic hydroxyl groups is 1. The lowest BCUT2D eigenvalue weighted by atomic mass is 10.0. The van der Waals surface area contributed by atoms with Crippen molar-refractivity contribution in [1.82, 2.24) is 0 Å². The first kappa shape index (κ1) is 94.5. The smallest absolute Gasteiger partial charge is 0.462 e. The molecule has 5 atom stereocenters. The second-order valence-corrected chi connectivity index (χ2v) is 30.8. The number of esters is 4. The second-order valence-electron chi connectivity index (χ2n) is 27.9. The molecule has 0 aliphatic rings. The lowest BCUT2D eigenvalue weighted by molar-refractivity contribution is -0.161. The molecule has 0 bridgehead atoms. The second kappa shape index (κ2) is 70.6. The van der Waals surface area contributed by atoms with Crippen LogP contribution in [0.5, 0.6) is 0 Å². The van der Waals surface area contributed by atoms with Crippen LogP contribution in [0.15, 0.2) is 24.3 Å². The standard InChI is InChI=1S/C78H148O17P2/c1-6-9-12-15-18-20-22-24-26-31-34-38-42-47-52-57-62-76(81)89-68-74(95-78(83)64-59-54-49-44-40-36-32-28-27-30-33-37-41-46-50-55-60-71(4)5)70-93-97(86,87)91-66-72(79)65-90-96(84,85)92-69-73(67-88-75(80)61-56-51-45-17-14-11-8-3)94-77(82)63-58-53-48-43-39-35-29-25-23-21-19-16-13-10-7-2/h21,23,25,29,71-74,79H,6-20,22,24,26-28,30-70H2,1-5H3,(H,84,85)(H,86,87)/b23-21-,29-25-/t72-,73+,74+/m0/s1. The van der Waals surface area contributed by atoms with Crippen molar-refractivity contribution in [1.29, 1.82) is 0 Å². The number of hydrogen-bond donors (Lipinski definition) is 3. The van der Waals surface area contributed by atoms with E-state index in [1.54, 1.807) is 0 Å². The third-order valence-corrected chi connectivity index (χ3v) is 19.6. The van der Waals surface area contributed by atoms with Crippen LogP contribution in [0.3, 0.4) is 0 Å². The Morgan fingerprint density at radius 2 is 0.557 bits per heavy atom. The van der Waals surface area contributed by atoms with E-state index in [9.17, 15) is 43.2 Å². The average Bonchev–Trinajstić information content (AvgIpc) is 2.91. The first-order valence-corrected chi connectivity index (χ1v) is 42.9. The van der Waals surface area contributed by atoms with Gasteiger partial charge in [0.25, 0.3) is 0 Å². The number of ether oxygens (including phenoxy) is 4. The SMILES string of the molecule is CCCCCC/C=C\C=C/CCCCCCCC(=O)O[C@H](COC(=O)CCCCCCCCC)COP(=O)(O)OC[C@H](O)COP(=O)(O)OC[C@@H](COC(=O)CCCCCCCCCCCCCCCCCC)OC(=O)CCCCCCCCCCCCCCCCCCC(C)C. The highest BCUT2D eigenvalue weighted by molar-refractivity contribution is 7.47. The van der Waals surface area contributed by atoms with E-state index in [-0.39, 0.29) is 25.7 Å². The van der Waals surface area contributed by atoms with Gasteiger partial charge >= 0.3 is 39.5 Å². The highest BCUT2D eigenvalue weighted by Crippen LogP contribution is 2.45. The zero-order valence-electron chi connectivity index (χ0n) is 62.7. The molecule has 0 aromatic carbocycles. The summed E-state index contributed by atoms with van der Waals surface area (Å²) in [5, 5.41) is 10.6. The van der Waals surface area contributed by atoms with Crippen molar-refractivity contribution in [3.63, 3.8) is 0 Å². The minimum Gasteiger partial charge on any atom is -0.462 e. The molecule has 17 nitrogen and oxygen atoms in total. The quantitative estimate of drug-likeness (QED) is 0.0169. The summed E-state index contributed by atoms with van der Waals surface area (Å²) in [6, 6.07) is 0. The van der Waals surface area contributed by atoms with E-state index in [2.05, 4.69) is 58.9 Å². The molecule has 0 aromatic rings. The molecule has 0 rings (SSSR count). The molecule has 0 amide bonds. The summed E-state index contributed by atoms with van der Waals surface area (Å²) in [4.78, 5) is 72.7. The summed E-state index contributed by atoms with van der Waals surface area (Å²) < 4.78 is 68.4. The Morgan fingerprint density at radius 3 is 0.845 bits per heavy atom. The molecule has 0 saturated heterocycles. The number of phosphoric acid groups is 2. The van der Waals surface area contributed by atoms with Crippen LogP contribution in [0.1, 0.15) is 388 Å². The topological polar surface area (TPSA) is 237 Å². The Bertz CT molecular complexity index is 1950. The summed E-state index contributed by atoms with van der Waals surface area (Å²) in [5.41, 5.74) is 0. The van der Waals surface area contributed by atoms with Crippen molar-refractivity contribution in [2.24, 2.45) is 5.92 Å². The van der Waals surface area contributed by atoms with Gasteiger partial charge in [-0.15, -0.1) is 0 Å².